The molecule has 32 heavy (non-hydrogen) atoms. The number of rotatable bonds is 6. The number of aromatic nitrogens is 6. The lowest BCUT2D eigenvalue weighted by atomic mass is 10.3. The van der Waals surface area contributed by atoms with Crippen LogP contribution in [0.5, 0.6) is 0 Å². The predicted octanol–water partition coefficient (Wildman–Crippen LogP) is 3.43. The van der Waals surface area contributed by atoms with Crippen LogP contribution in [0.4, 0.5) is 13.6 Å². The van der Waals surface area contributed by atoms with Gasteiger partial charge in [-0.05, 0) is 24.3 Å². The number of halogens is 4. The van der Waals surface area contributed by atoms with Gasteiger partial charge in [0.05, 0.1) is 34.5 Å². The number of hydrogen-bond acceptors (Lipinski definition) is 5. The van der Waals surface area contributed by atoms with Gasteiger partial charge in [-0.3, -0.25) is 0 Å². The second kappa shape index (κ2) is 9.28. The molecule has 9 nitrogen and oxygen atoms in total. The van der Waals surface area contributed by atoms with Crippen LogP contribution in [-0.4, -0.2) is 35.6 Å². The third kappa shape index (κ3) is 4.68. The molecule has 164 valence electrons. The van der Waals surface area contributed by atoms with Crippen molar-refractivity contribution in [1.29, 1.82) is 0 Å². The Morgan fingerprint density at radius 2 is 1.25 bits per heavy atom. The van der Waals surface area contributed by atoms with Crippen molar-refractivity contribution in [2.24, 2.45) is 0 Å². The fraction of sp³-hybridized carbons (Fsp3) is 0.105. The maximum absolute atomic E-state index is 13.7. The van der Waals surface area contributed by atoms with Gasteiger partial charge in [0.2, 0.25) is 0 Å². The summed E-state index contributed by atoms with van der Waals surface area (Å²) >= 11 is 11.4. The molecule has 0 aliphatic carbocycles. The molecule has 4 rings (SSSR count). The molecule has 0 aliphatic rings. The molecule has 0 aliphatic heterocycles. The molecule has 0 spiro atoms. The van der Waals surface area contributed by atoms with Crippen molar-refractivity contribution in [2.45, 2.75) is 13.1 Å². The first-order valence-corrected chi connectivity index (χ1v) is 9.88. The summed E-state index contributed by atoms with van der Waals surface area (Å²) in [5.41, 5.74) is 0.815. The SMILES string of the molecule is O=C(NCc1ncnn1-c1ccc(Cl)c(F)c1)NCc1ncnn1-c1ccc(Cl)c(F)c1. The number of amides is 2. The third-order valence-corrected chi connectivity index (χ3v) is 4.96. The number of carbonyl (C=O) groups excluding carboxylic acids is 1. The van der Waals surface area contributed by atoms with E-state index in [1.54, 1.807) is 12.1 Å². The molecule has 0 fully saturated rings. The highest BCUT2D eigenvalue weighted by molar-refractivity contribution is 6.31. The van der Waals surface area contributed by atoms with E-state index in [4.69, 9.17) is 23.2 Å². The van der Waals surface area contributed by atoms with E-state index < -0.39 is 17.7 Å². The Labute approximate surface area is 190 Å². The minimum Gasteiger partial charge on any atom is -0.331 e. The van der Waals surface area contributed by atoms with Crippen LogP contribution in [0, 0.1) is 11.6 Å². The van der Waals surface area contributed by atoms with Crippen molar-refractivity contribution in [2.75, 3.05) is 0 Å². The van der Waals surface area contributed by atoms with Gasteiger partial charge in [0.1, 0.15) is 24.3 Å². The van der Waals surface area contributed by atoms with Crippen molar-refractivity contribution in [3.63, 3.8) is 0 Å². The summed E-state index contributed by atoms with van der Waals surface area (Å²) in [5.74, 6) is -0.439. The first-order chi connectivity index (χ1) is 15.4. The lowest BCUT2D eigenvalue weighted by Gasteiger charge is -2.10. The van der Waals surface area contributed by atoms with Crippen LogP contribution < -0.4 is 10.6 Å². The molecule has 2 amide bonds. The van der Waals surface area contributed by atoms with E-state index >= 15 is 0 Å². The average Bonchev–Trinajstić information content (AvgIpc) is 3.44. The zero-order valence-corrected chi connectivity index (χ0v) is 17.6. The highest BCUT2D eigenvalue weighted by Crippen LogP contribution is 2.19. The maximum Gasteiger partial charge on any atom is 0.315 e. The van der Waals surface area contributed by atoms with Gasteiger partial charge in [-0.1, -0.05) is 23.2 Å². The van der Waals surface area contributed by atoms with Crippen molar-refractivity contribution in [3.05, 3.63) is 82.4 Å². The summed E-state index contributed by atoms with van der Waals surface area (Å²) in [6.45, 7) is 0.0380. The van der Waals surface area contributed by atoms with E-state index in [1.165, 1.54) is 46.3 Å². The van der Waals surface area contributed by atoms with Crippen molar-refractivity contribution < 1.29 is 13.6 Å². The molecule has 2 aromatic heterocycles. The monoisotopic (exact) mass is 478 g/mol. The molecule has 2 N–H and O–H groups in total. The summed E-state index contributed by atoms with van der Waals surface area (Å²) in [6, 6.07) is 7.88. The zero-order valence-electron chi connectivity index (χ0n) is 16.1. The quantitative estimate of drug-likeness (QED) is 0.441. The molecule has 0 atom stereocenters. The van der Waals surface area contributed by atoms with E-state index in [9.17, 15) is 13.6 Å². The molecular weight excluding hydrogens is 465 g/mol. The lowest BCUT2D eigenvalue weighted by Crippen LogP contribution is -2.36. The first-order valence-electron chi connectivity index (χ1n) is 9.12. The lowest BCUT2D eigenvalue weighted by molar-refractivity contribution is 0.239. The van der Waals surface area contributed by atoms with E-state index in [0.717, 1.165) is 0 Å². The molecule has 2 heterocycles. The van der Waals surface area contributed by atoms with Gasteiger partial charge in [-0.15, -0.1) is 0 Å². The van der Waals surface area contributed by atoms with Crippen LogP contribution in [0.3, 0.4) is 0 Å². The molecule has 0 unspecified atom stereocenters. The summed E-state index contributed by atoms with van der Waals surface area (Å²) in [4.78, 5) is 20.4. The molecule has 0 bridgehead atoms. The number of nitrogens with zero attached hydrogens (tertiary/aromatic N) is 6. The van der Waals surface area contributed by atoms with Gasteiger partial charge in [-0.25, -0.2) is 32.9 Å². The second-order valence-electron chi connectivity index (χ2n) is 6.41. The Bertz CT molecular complexity index is 1180. The molecule has 13 heteroatoms. The Morgan fingerprint density at radius 3 is 1.66 bits per heavy atom. The van der Waals surface area contributed by atoms with Crippen molar-refractivity contribution in [1.82, 2.24) is 40.2 Å². The van der Waals surface area contributed by atoms with Crippen LogP contribution in [0.25, 0.3) is 11.4 Å². The topological polar surface area (TPSA) is 103 Å². The number of benzene rings is 2. The van der Waals surface area contributed by atoms with Crippen LogP contribution in [0.2, 0.25) is 10.0 Å². The van der Waals surface area contributed by atoms with Gasteiger partial charge in [0.25, 0.3) is 0 Å². The zero-order chi connectivity index (χ0) is 22.7. The third-order valence-electron chi connectivity index (χ3n) is 4.35. The number of urea groups is 1. The van der Waals surface area contributed by atoms with Crippen LogP contribution in [-0.2, 0) is 13.1 Å². The van der Waals surface area contributed by atoms with Crippen LogP contribution in [0.1, 0.15) is 11.6 Å². The van der Waals surface area contributed by atoms with E-state index in [-0.39, 0.29) is 23.1 Å². The fourth-order valence-electron chi connectivity index (χ4n) is 2.82. The van der Waals surface area contributed by atoms with E-state index in [1.807, 2.05) is 0 Å². The second-order valence-corrected chi connectivity index (χ2v) is 7.22. The van der Waals surface area contributed by atoms with Crippen molar-refractivity contribution >= 4 is 29.2 Å². The molecule has 0 saturated carbocycles. The van der Waals surface area contributed by atoms with Crippen LogP contribution in [0.15, 0.2) is 49.1 Å². The summed E-state index contributed by atoms with van der Waals surface area (Å²) in [7, 11) is 0. The van der Waals surface area contributed by atoms with Gasteiger partial charge >= 0.3 is 6.03 Å². The van der Waals surface area contributed by atoms with Crippen LogP contribution >= 0.6 is 23.2 Å². The minimum atomic E-state index is -0.596. The number of carbonyl (C=O) groups is 1. The van der Waals surface area contributed by atoms with Gasteiger partial charge < -0.3 is 10.6 Å². The minimum absolute atomic E-state index is 0.0119. The van der Waals surface area contributed by atoms with Crippen molar-refractivity contribution in [3.8, 4) is 11.4 Å². The van der Waals surface area contributed by atoms with Gasteiger partial charge in [0, 0.05) is 12.1 Å². The summed E-state index contributed by atoms with van der Waals surface area (Å²) in [5, 5.41) is 13.3. The van der Waals surface area contributed by atoms with E-state index in [0.29, 0.717) is 23.0 Å². The summed E-state index contributed by atoms with van der Waals surface area (Å²) < 4.78 is 30.2. The number of hydrogen-bond donors (Lipinski definition) is 2. The Kier molecular flexibility index (Phi) is 6.28. The Morgan fingerprint density at radius 1 is 0.812 bits per heavy atom. The molecule has 0 radical (unpaired) electrons. The average molecular weight is 479 g/mol. The highest BCUT2D eigenvalue weighted by Gasteiger charge is 2.13. The summed E-state index contributed by atoms with van der Waals surface area (Å²) in [6.07, 6.45) is 2.57. The molecular formula is C19H14Cl2F2N8O. The Balaban J connectivity index is 1.37. The number of nitrogens with one attached hydrogen (secondary N) is 2. The largest absolute Gasteiger partial charge is 0.331 e. The first kappa shape index (κ1) is 21.7. The fourth-order valence-corrected chi connectivity index (χ4v) is 3.05. The smallest absolute Gasteiger partial charge is 0.315 e. The van der Waals surface area contributed by atoms with Gasteiger partial charge in [-0.2, -0.15) is 10.2 Å². The predicted molar refractivity (Wildman–Crippen MR) is 112 cm³/mol. The van der Waals surface area contributed by atoms with E-state index in [2.05, 4.69) is 30.8 Å². The normalized spacial score (nSPS) is 10.9. The standard InChI is InChI=1S/C19H14Cl2F2N8O/c20-13-3-1-11(5-15(13)22)30-17(26-9-28-30)7-24-19(32)25-8-18-27-10-29-31(18)12-2-4-14(21)16(23)6-12/h1-6,9-10H,7-8H2,(H2,24,25,32). The maximum atomic E-state index is 13.7. The highest BCUT2D eigenvalue weighted by atomic mass is 35.5. The van der Waals surface area contributed by atoms with Gasteiger partial charge in [0.15, 0.2) is 11.6 Å². The Hall–Kier alpha value is -3.57. The molecule has 4 aromatic rings. The molecule has 2 aromatic carbocycles. The molecule has 0 saturated heterocycles.